The maximum Gasteiger partial charge on any atom is 0.351 e. The molecule has 0 aliphatic rings. The Morgan fingerprint density at radius 3 is 2.14 bits per heavy atom. The fourth-order valence-corrected chi connectivity index (χ4v) is 2.94. The molecule has 14 heavy (non-hydrogen) atoms. The van der Waals surface area contributed by atoms with Crippen molar-refractivity contribution >= 4 is 8.56 Å². The summed E-state index contributed by atoms with van der Waals surface area (Å²) in [5.41, 5.74) is 6.16. The van der Waals surface area contributed by atoms with Crippen molar-refractivity contribution in [1.29, 1.82) is 0 Å². The molecule has 0 aliphatic carbocycles. The summed E-state index contributed by atoms with van der Waals surface area (Å²) in [6.45, 7) is 4.24. The molecule has 0 saturated carbocycles. The van der Waals surface area contributed by atoms with Crippen LogP contribution in [0.4, 0.5) is 0 Å². The zero-order chi connectivity index (χ0) is 11.0. The third kappa shape index (κ3) is 4.55. The summed E-state index contributed by atoms with van der Waals surface area (Å²) in [5, 5.41) is 0. The van der Waals surface area contributed by atoms with Crippen LogP contribution in [0.25, 0.3) is 0 Å². The van der Waals surface area contributed by atoms with E-state index >= 15 is 0 Å². The first kappa shape index (κ1) is 14.1. The van der Waals surface area contributed by atoms with Gasteiger partial charge >= 0.3 is 8.56 Å². The lowest BCUT2D eigenvalue weighted by atomic mass is 10.1. The molecule has 0 aromatic heterocycles. The molecule has 0 aromatic rings. The van der Waals surface area contributed by atoms with Crippen molar-refractivity contribution in [3.05, 3.63) is 0 Å². The Morgan fingerprint density at radius 1 is 1.14 bits per heavy atom. The lowest BCUT2D eigenvalue weighted by molar-refractivity contribution is 0.235. The van der Waals surface area contributed by atoms with Gasteiger partial charge in [0.05, 0.1) is 0 Å². The summed E-state index contributed by atoms with van der Waals surface area (Å²) >= 11 is 0. The summed E-state index contributed by atoms with van der Waals surface area (Å²) in [6.07, 6.45) is 6.03. The van der Waals surface area contributed by atoms with Gasteiger partial charge in [0.25, 0.3) is 0 Å². The van der Waals surface area contributed by atoms with Crippen molar-refractivity contribution in [1.82, 2.24) is 0 Å². The molecule has 0 amide bonds. The Balaban J connectivity index is 3.75. The van der Waals surface area contributed by atoms with Crippen LogP contribution in [0.15, 0.2) is 0 Å². The van der Waals surface area contributed by atoms with Crippen LogP contribution in [0.3, 0.4) is 0 Å². The fourth-order valence-electron chi connectivity index (χ4n) is 1.44. The Kier molecular flexibility index (Phi) is 7.45. The maximum atomic E-state index is 6.07. The second-order valence-corrected chi connectivity index (χ2v) is 7.47. The first-order valence-electron chi connectivity index (χ1n) is 5.46. The molecule has 0 aliphatic heterocycles. The topological polar surface area (TPSA) is 44.5 Å². The molecule has 0 bridgehead atoms. The summed E-state index contributed by atoms with van der Waals surface area (Å²) in [4.78, 5) is 0. The van der Waals surface area contributed by atoms with Crippen molar-refractivity contribution in [2.24, 2.45) is 5.73 Å². The van der Waals surface area contributed by atoms with Gasteiger partial charge in [0.15, 0.2) is 0 Å². The highest BCUT2D eigenvalue weighted by molar-refractivity contribution is 6.67. The predicted molar refractivity (Wildman–Crippen MR) is 62.4 cm³/mol. The maximum absolute atomic E-state index is 6.07. The highest BCUT2D eigenvalue weighted by Crippen LogP contribution is 2.14. The molecule has 86 valence electrons. The van der Waals surface area contributed by atoms with Crippen molar-refractivity contribution in [3.63, 3.8) is 0 Å². The van der Waals surface area contributed by atoms with Crippen molar-refractivity contribution < 1.29 is 8.85 Å². The van der Waals surface area contributed by atoms with E-state index in [9.17, 15) is 0 Å². The van der Waals surface area contributed by atoms with Crippen LogP contribution in [0.1, 0.15) is 39.0 Å². The first-order valence-corrected chi connectivity index (χ1v) is 7.86. The number of hydrogen-bond acceptors (Lipinski definition) is 3. The molecule has 0 heterocycles. The van der Waals surface area contributed by atoms with E-state index in [0.717, 1.165) is 6.42 Å². The zero-order valence-corrected chi connectivity index (χ0v) is 11.0. The van der Waals surface area contributed by atoms with Gasteiger partial charge in [-0.2, -0.15) is 0 Å². The molecule has 0 radical (unpaired) electrons. The van der Waals surface area contributed by atoms with Crippen LogP contribution in [-0.4, -0.2) is 28.4 Å². The van der Waals surface area contributed by atoms with Gasteiger partial charge in [0.2, 0.25) is 0 Å². The van der Waals surface area contributed by atoms with Crippen LogP contribution < -0.4 is 5.73 Å². The lowest BCUT2D eigenvalue weighted by Gasteiger charge is -2.29. The fraction of sp³-hybridized carbons (Fsp3) is 1.00. The lowest BCUT2D eigenvalue weighted by Crippen LogP contribution is -2.54. The third-order valence-corrected chi connectivity index (χ3v) is 6.11. The van der Waals surface area contributed by atoms with E-state index < -0.39 is 8.56 Å². The van der Waals surface area contributed by atoms with E-state index in [4.69, 9.17) is 14.6 Å². The second kappa shape index (κ2) is 7.40. The Morgan fingerprint density at radius 2 is 1.71 bits per heavy atom. The molecule has 4 heteroatoms. The first-order chi connectivity index (χ1) is 6.60. The van der Waals surface area contributed by atoms with Gasteiger partial charge in [0, 0.05) is 19.9 Å². The SMILES string of the molecule is CCCCCCC(N)[Si](C)(OC)OC. The van der Waals surface area contributed by atoms with Gasteiger partial charge in [0.1, 0.15) is 0 Å². The average Bonchev–Trinajstić information content (AvgIpc) is 2.22. The van der Waals surface area contributed by atoms with Gasteiger partial charge in [-0.05, 0) is 13.0 Å². The number of nitrogens with two attached hydrogens (primary N) is 1. The van der Waals surface area contributed by atoms with Crippen molar-refractivity contribution in [2.45, 2.75) is 51.2 Å². The number of hydrogen-bond donors (Lipinski definition) is 1. The standard InChI is InChI=1S/C10H25NO2Si/c1-5-6-7-8-9-10(11)14(4,12-2)13-3/h10H,5-9,11H2,1-4H3. The van der Waals surface area contributed by atoms with E-state index in [1.807, 2.05) is 6.55 Å². The zero-order valence-electron chi connectivity index (χ0n) is 10.0. The summed E-state index contributed by atoms with van der Waals surface area (Å²) in [7, 11) is 1.31. The summed E-state index contributed by atoms with van der Waals surface area (Å²) < 4.78 is 10.8. The van der Waals surface area contributed by atoms with Gasteiger partial charge in [-0.1, -0.05) is 32.6 Å². The second-order valence-electron chi connectivity index (χ2n) is 3.88. The van der Waals surface area contributed by atoms with Crippen molar-refractivity contribution in [2.75, 3.05) is 14.2 Å². The summed E-state index contributed by atoms with van der Waals surface area (Å²) in [5.74, 6) is 0. The Bertz CT molecular complexity index is 140. The van der Waals surface area contributed by atoms with E-state index in [0.29, 0.717) is 0 Å². The third-order valence-electron chi connectivity index (χ3n) is 2.85. The van der Waals surface area contributed by atoms with Gasteiger partial charge < -0.3 is 14.6 Å². The Labute approximate surface area is 89.2 Å². The molecule has 1 unspecified atom stereocenters. The van der Waals surface area contributed by atoms with E-state index in [-0.39, 0.29) is 5.67 Å². The van der Waals surface area contributed by atoms with Crippen LogP contribution in [0.5, 0.6) is 0 Å². The molecule has 2 N–H and O–H groups in total. The molecule has 0 spiro atoms. The number of unbranched alkanes of at least 4 members (excludes halogenated alkanes) is 3. The smallest absolute Gasteiger partial charge is 0.351 e. The minimum absolute atomic E-state index is 0.0920. The van der Waals surface area contributed by atoms with E-state index in [1.165, 1.54) is 25.7 Å². The Hall–Kier alpha value is 0.0969. The van der Waals surface area contributed by atoms with Gasteiger partial charge in [-0.15, -0.1) is 0 Å². The molecule has 3 nitrogen and oxygen atoms in total. The predicted octanol–water partition coefficient (Wildman–Crippen LogP) is 2.19. The molecule has 0 aromatic carbocycles. The van der Waals surface area contributed by atoms with E-state index in [2.05, 4.69) is 6.92 Å². The highest BCUT2D eigenvalue weighted by atomic mass is 28.4. The summed E-state index contributed by atoms with van der Waals surface area (Å²) in [6, 6.07) is 0. The minimum Gasteiger partial charge on any atom is -0.397 e. The molecule has 0 fully saturated rings. The van der Waals surface area contributed by atoms with Crippen LogP contribution in [-0.2, 0) is 8.85 Å². The van der Waals surface area contributed by atoms with Gasteiger partial charge in [-0.3, -0.25) is 0 Å². The highest BCUT2D eigenvalue weighted by Gasteiger charge is 2.36. The average molecular weight is 219 g/mol. The van der Waals surface area contributed by atoms with Crippen molar-refractivity contribution in [3.8, 4) is 0 Å². The normalized spacial score (nSPS) is 14.4. The molecule has 0 saturated heterocycles. The molecular weight excluding hydrogens is 194 g/mol. The molecule has 1 atom stereocenters. The largest absolute Gasteiger partial charge is 0.397 e. The number of rotatable bonds is 8. The minimum atomic E-state index is -2.08. The molecule has 0 rings (SSSR count). The quantitative estimate of drug-likeness (QED) is 0.503. The van der Waals surface area contributed by atoms with E-state index in [1.54, 1.807) is 14.2 Å². The van der Waals surface area contributed by atoms with Crippen LogP contribution in [0.2, 0.25) is 6.55 Å². The molecular formula is C10H25NO2Si. The monoisotopic (exact) mass is 219 g/mol. The van der Waals surface area contributed by atoms with Gasteiger partial charge in [-0.25, -0.2) is 0 Å². The van der Waals surface area contributed by atoms with Crippen LogP contribution in [0, 0.1) is 0 Å². The van der Waals surface area contributed by atoms with Crippen LogP contribution >= 0.6 is 0 Å².